The van der Waals surface area contributed by atoms with Crippen LogP contribution in [0.4, 0.5) is 4.79 Å². The molecule has 0 spiro atoms. The van der Waals surface area contributed by atoms with Gasteiger partial charge in [-0.05, 0) is 17.9 Å². The van der Waals surface area contributed by atoms with Gasteiger partial charge in [-0.25, -0.2) is 4.79 Å². The van der Waals surface area contributed by atoms with Crippen LogP contribution in [0.25, 0.3) is 0 Å². The van der Waals surface area contributed by atoms with Crippen molar-refractivity contribution in [1.29, 1.82) is 0 Å². The summed E-state index contributed by atoms with van der Waals surface area (Å²) in [6.07, 6.45) is -0.502. The minimum atomic E-state index is -1.54. The Morgan fingerprint density at radius 2 is 1.46 bits per heavy atom. The summed E-state index contributed by atoms with van der Waals surface area (Å²) < 4.78 is 5.21. The highest BCUT2D eigenvalue weighted by Gasteiger charge is 2.32. The van der Waals surface area contributed by atoms with Crippen molar-refractivity contribution in [2.75, 3.05) is 26.3 Å². The normalized spacial score (nSPS) is 15.4. The molecule has 3 atom stereocenters. The van der Waals surface area contributed by atoms with Crippen LogP contribution in [0.15, 0.2) is 30.3 Å². The van der Waals surface area contributed by atoms with Crippen LogP contribution in [0.3, 0.4) is 0 Å². The van der Waals surface area contributed by atoms with Crippen molar-refractivity contribution in [3.05, 3.63) is 35.9 Å². The second-order valence-electron chi connectivity index (χ2n) is 9.69. The number of carboxylic acids is 1. The Bertz CT molecular complexity index is 1030. The fourth-order valence-corrected chi connectivity index (χ4v) is 3.97. The number of morpholine rings is 1. The highest BCUT2D eigenvalue weighted by molar-refractivity contribution is 6.00. The molecule has 13 heteroatoms. The number of hydrogen-bond acceptors (Lipinski definition) is 7. The zero-order chi connectivity index (χ0) is 28.9. The summed E-state index contributed by atoms with van der Waals surface area (Å²) in [6, 6.07) is 4.32. The first-order valence-corrected chi connectivity index (χ1v) is 12.8. The van der Waals surface area contributed by atoms with Crippen molar-refractivity contribution in [2.45, 2.75) is 58.2 Å². The first-order chi connectivity index (χ1) is 18.5. The van der Waals surface area contributed by atoms with E-state index in [1.54, 1.807) is 30.3 Å². The van der Waals surface area contributed by atoms with Crippen molar-refractivity contribution >= 4 is 35.6 Å². The highest BCUT2D eigenvalue weighted by atomic mass is 16.5. The van der Waals surface area contributed by atoms with Crippen LogP contribution >= 0.6 is 0 Å². The zero-order valence-corrected chi connectivity index (χ0v) is 22.4. The molecule has 6 amide bonds. The topological polar surface area (TPSA) is 183 Å². The summed E-state index contributed by atoms with van der Waals surface area (Å²) in [5, 5.41) is 19.1. The predicted molar refractivity (Wildman–Crippen MR) is 139 cm³/mol. The summed E-state index contributed by atoms with van der Waals surface area (Å²) in [5.74, 6) is -4.25. The number of imide groups is 1. The Balaban J connectivity index is 2.21. The lowest BCUT2D eigenvalue weighted by Crippen LogP contribution is -2.59. The molecule has 0 unspecified atom stereocenters. The van der Waals surface area contributed by atoms with Gasteiger partial charge >= 0.3 is 12.0 Å². The van der Waals surface area contributed by atoms with Crippen molar-refractivity contribution in [2.24, 2.45) is 5.92 Å². The van der Waals surface area contributed by atoms with Gasteiger partial charge in [0, 0.05) is 26.4 Å². The molecule has 0 radical (unpaired) electrons. The van der Waals surface area contributed by atoms with Crippen LogP contribution in [0.1, 0.15) is 39.2 Å². The number of hydrogen-bond donors (Lipinski definition) is 5. The van der Waals surface area contributed by atoms with Crippen LogP contribution in [-0.4, -0.2) is 90.1 Å². The number of nitrogens with one attached hydrogen (secondary N) is 4. The Labute approximate surface area is 227 Å². The quantitative estimate of drug-likeness (QED) is 0.238. The summed E-state index contributed by atoms with van der Waals surface area (Å²) in [6.45, 7) is 6.19. The molecule has 0 aromatic heterocycles. The Hall–Kier alpha value is -4.00. The number of urea groups is 1. The van der Waals surface area contributed by atoms with E-state index in [1.807, 2.05) is 13.8 Å². The summed E-state index contributed by atoms with van der Waals surface area (Å²) in [7, 11) is 0. The lowest BCUT2D eigenvalue weighted by atomic mass is 10.0. The molecule has 1 saturated heterocycles. The van der Waals surface area contributed by atoms with Gasteiger partial charge in [-0.1, -0.05) is 44.2 Å². The molecular weight excluding hydrogens is 510 g/mol. The first-order valence-electron chi connectivity index (χ1n) is 12.8. The van der Waals surface area contributed by atoms with E-state index in [0.29, 0.717) is 31.9 Å². The second-order valence-corrected chi connectivity index (χ2v) is 9.69. The molecule has 1 fully saturated rings. The molecule has 0 saturated carbocycles. The van der Waals surface area contributed by atoms with Crippen LogP contribution in [0.2, 0.25) is 0 Å². The van der Waals surface area contributed by atoms with Crippen LogP contribution in [-0.2, 0) is 35.1 Å². The third-order valence-electron chi connectivity index (χ3n) is 5.86. The van der Waals surface area contributed by atoms with Crippen molar-refractivity contribution in [3.63, 3.8) is 0 Å². The number of carbonyl (C=O) groups is 6. The Morgan fingerprint density at radius 1 is 0.872 bits per heavy atom. The van der Waals surface area contributed by atoms with E-state index in [2.05, 4.69) is 21.3 Å². The predicted octanol–water partition coefficient (Wildman–Crippen LogP) is -0.207. The average molecular weight is 548 g/mol. The minimum absolute atomic E-state index is 0.00437. The van der Waals surface area contributed by atoms with Crippen LogP contribution in [0, 0.1) is 5.92 Å². The molecule has 214 valence electrons. The molecule has 13 nitrogen and oxygen atoms in total. The number of rotatable bonds is 12. The Morgan fingerprint density at radius 3 is 2.03 bits per heavy atom. The molecule has 39 heavy (non-hydrogen) atoms. The van der Waals surface area contributed by atoms with E-state index in [1.165, 1.54) is 11.8 Å². The molecule has 2 rings (SSSR count). The summed E-state index contributed by atoms with van der Waals surface area (Å²) in [5.41, 5.74) is 0.679. The molecular formula is C26H37N5O8. The number of amides is 6. The number of benzene rings is 1. The van der Waals surface area contributed by atoms with Crippen molar-refractivity contribution < 1.29 is 38.6 Å². The van der Waals surface area contributed by atoms with Crippen molar-refractivity contribution in [1.82, 2.24) is 26.2 Å². The largest absolute Gasteiger partial charge is 0.481 e. The number of aliphatic carboxylic acids is 1. The van der Waals surface area contributed by atoms with Gasteiger partial charge < -0.3 is 30.7 Å². The molecule has 1 aromatic rings. The van der Waals surface area contributed by atoms with E-state index in [0.717, 1.165) is 0 Å². The molecule has 1 aromatic carbocycles. The lowest BCUT2D eigenvalue weighted by molar-refractivity contribution is -0.141. The van der Waals surface area contributed by atoms with Gasteiger partial charge in [0.2, 0.25) is 17.7 Å². The Kier molecular flexibility index (Phi) is 12.3. The fraction of sp³-hybridized carbons (Fsp3) is 0.538. The molecule has 1 aliphatic rings. The van der Waals surface area contributed by atoms with Crippen LogP contribution < -0.4 is 21.3 Å². The van der Waals surface area contributed by atoms with E-state index in [9.17, 15) is 33.9 Å². The molecule has 5 N–H and O–H groups in total. The second kappa shape index (κ2) is 15.4. The first kappa shape index (κ1) is 31.2. The van der Waals surface area contributed by atoms with Gasteiger partial charge in [-0.15, -0.1) is 0 Å². The molecule has 1 aliphatic heterocycles. The lowest BCUT2D eigenvalue weighted by Gasteiger charge is -2.28. The van der Waals surface area contributed by atoms with E-state index in [4.69, 9.17) is 4.74 Å². The standard InChI is InChI=1S/C26H37N5O8/c1-16(2)13-19(27-17(3)32)23(35)29-21(15-22(33)34)24(36)28-20(14-18-7-5-4-6-8-18)25(37)30-26(38)31-9-11-39-12-10-31/h4-8,16,19-21H,9-15H2,1-3H3,(H,27,32)(H,28,36)(H,29,35)(H,33,34)(H,30,37,38)/t19-,20-,21-/m0/s1. The zero-order valence-electron chi connectivity index (χ0n) is 22.4. The maximum atomic E-state index is 13.2. The maximum absolute atomic E-state index is 13.2. The number of nitrogens with zero attached hydrogens (tertiary/aromatic N) is 1. The number of ether oxygens (including phenoxy) is 1. The van der Waals surface area contributed by atoms with Gasteiger partial charge in [0.15, 0.2) is 0 Å². The highest BCUT2D eigenvalue weighted by Crippen LogP contribution is 2.08. The monoisotopic (exact) mass is 547 g/mol. The van der Waals surface area contributed by atoms with Gasteiger partial charge in [0.1, 0.15) is 18.1 Å². The smallest absolute Gasteiger partial charge is 0.324 e. The van der Waals surface area contributed by atoms with Crippen LogP contribution in [0.5, 0.6) is 0 Å². The third-order valence-corrected chi connectivity index (χ3v) is 5.86. The summed E-state index contributed by atoms with van der Waals surface area (Å²) in [4.78, 5) is 76.3. The third kappa shape index (κ3) is 11.1. The van der Waals surface area contributed by atoms with Gasteiger partial charge in [0.05, 0.1) is 19.6 Å². The van der Waals surface area contributed by atoms with E-state index >= 15 is 0 Å². The molecule has 1 heterocycles. The van der Waals surface area contributed by atoms with Gasteiger partial charge in [-0.2, -0.15) is 0 Å². The van der Waals surface area contributed by atoms with Crippen molar-refractivity contribution in [3.8, 4) is 0 Å². The summed E-state index contributed by atoms with van der Waals surface area (Å²) >= 11 is 0. The van der Waals surface area contributed by atoms with E-state index in [-0.39, 0.29) is 18.8 Å². The van der Waals surface area contributed by atoms with Gasteiger partial charge in [-0.3, -0.25) is 29.3 Å². The fourth-order valence-electron chi connectivity index (χ4n) is 3.97. The SMILES string of the molecule is CC(=O)N[C@@H](CC(C)C)C(=O)N[C@@H](CC(=O)O)C(=O)N[C@@H](Cc1ccccc1)C(=O)NC(=O)N1CCOCC1. The number of carboxylic acid groups (broad SMARTS) is 1. The number of carbonyl (C=O) groups excluding carboxylic acids is 5. The van der Waals surface area contributed by atoms with Gasteiger partial charge in [0.25, 0.3) is 5.91 Å². The minimum Gasteiger partial charge on any atom is -0.481 e. The molecule has 0 aliphatic carbocycles. The van der Waals surface area contributed by atoms with E-state index < -0.39 is 60.2 Å². The molecule has 0 bridgehead atoms. The average Bonchev–Trinajstić information content (AvgIpc) is 2.87. The maximum Gasteiger partial charge on any atom is 0.324 e.